The fraction of sp³-hybridized carbons (Fsp3) is 0.611. The van der Waals surface area contributed by atoms with Crippen LogP contribution >= 0.6 is 0 Å². The molecule has 0 heterocycles. The second-order valence-corrected chi connectivity index (χ2v) is 6.26. The van der Waals surface area contributed by atoms with Crippen molar-refractivity contribution in [3.8, 4) is 6.07 Å². The van der Waals surface area contributed by atoms with Crippen molar-refractivity contribution in [2.45, 2.75) is 59.0 Å². The third-order valence-electron chi connectivity index (χ3n) is 3.74. The Morgan fingerprint density at radius 2 is 1.90 bits per heavy atom. The highest BCUT2D eigenvalue weighted by molar-refractivity contribution is 5.47. The van der Waals surface area contributed by atoms with Gasteiger partial charge >= 0.3 is 0 Å². The lowest BCUT2D eigenvalue weighted by Crippen LogP contribution is -2.45. The average Bonchev–Trinajstić information content (AvgIpc) is 2.44. The second-order valence-electron chi connectivity index (χ2n) is 6.26. The number of hydrogen-bond acceptors (Lipinski definition) is 3. The monoisotopic (exact) mass is 287 g/mol. The predicted molar refractivity (Wildman–Crippen MR) is 90.6 cm³/mol. The van der Waals surface area contributed by atoms with E-state index in [0.29, 0.717) is 6.04 Å². The maximum atomic E-state index is 9.38. The zero-order chi connectivity index (χ0) is 15.9. The topological polar surface area (TPSA) is 39.1 Å². The summed E-state index contributed by atoms with van der Waals surface area (Å²) in [7, 11) is 0. The Balaban J connectivity index is 2.56. The summed E-state index contributed by atoms with van der Waals surface area (Å²) < 4.78 is 0. The molecule has 1 rings (SSSR count). The van der Waals surface area contributed by atoms with E-state index in [1.807, 2.05) is 6.92 Å². The molecule has 3 nitrogen and oxygen atoms in total. The van der Waals surface area contributed by atoms with E-state index in [2.05, 4.69) is 68.2 Å². The van der Waals surface area contributed by atoms with Gasteiger partial charge in [0.1, 0.15) is 5.54 Å². The van der Waals surface area contributed by atoms with E-state index in [9.17, 15) is 5.26 Å². The van der Waals surface area contributed by atoms with Crippen molar-refractivity contribution in [1.29, 1.82) is 5.26 Å². The number of nitriles is 1. The largest absolute Gasteiger partial charge is 0.372 e. The van der Waals surface area contributed by atoms with Gasteiger partial charge in [-0.25, -0.2) is 0 Å². The Hall–Kier alpha value is -1.53. The molecule has 0 spiro atoms. The number of nitrogens with zero attached hydrogens (tertiary/aromatic N) is 2. The standard InChI is InChI=1S/C18H29N3/c1-6-21(17-10-8-16(4)9-11-17)13-7-12-18(5,14-19)20-15(2)3/h8-11,15,20H,6-7,12-13H2,1-5H3. The lowest BCUT2D eigenvalue weighted by atomic mass is 9.96. The van der Waals surface area contributed by atoms with Gasteiger partial charge in [0.2, 0.25) is 0 Å². The molecule has 116 valence electrons. The fourth-order valence-electron chi connectivity index (χ4n) is 2.65. The van der Waals surface area contributed by atoms with Crippen molar-refractivity contribution in [1.82, 2.24) is 5.32 Å². The number of hydrogen-bond donors (Lipinski definition) is 1. The Morgan fingerprint density at radius 3 is 2.38 bits per heavy atom. The highest BCUT2D eigenvalue weighted by atomic mass is 15.1. The Bertz CT molecular complexity index is 458. The summed E-state index contributed by atoms with van der Waals surface area (Å²) in [6, 6.07) is 11.4. The van der Waals surface area contributed by atoms with E-state index in [1.165, 1.54) is 11.3 Å². The van der Waals surface area contributed by atoms with Crippen molar-refractivity contribution in [3.05, 3.63) is 29.8 Å². The summed E-state index contributed by atoms with van der Waals surface area (Å²) in [5, 5.41) is 12.7. The van der Waals surface area contributed by atoms with Gasteiger partial charge in [-0.05, 0) is 59.6 Å². The molecule has 0 aliphatic heterocycles. The van der Waals surface area contributed by atoms with Crippen LogP contribution in [0.15, 0.2) is 24.3 Å². The fourth-order valence-corrected chi connectivity index (χ4v) is 2.65. The molecule has 3 heteroatoms. The van der Waals surface area contributed by atoms with Gasteiger partial charge in [0, 0.05) is 24.8 Å². The quantitative estimate of drug-likeness (QED) is 0.788. The van der Waals surface area contributed by atoms with Crippen LogP contribution in [0, 0.1) is 18.3 Å². The van der Waals surface area contributed by atoms with Gasteiger partial charge in [-0.15, -0.1) is 0 Å². The van der Waals surface area contributed by atoms with Crippen LogP contribution in [0.3, 0.4) is 0 Å². The van der Waals surface area contributed by atoms with Crippen LogP contribution in [0.1, 0.15) is 46.1 Å². The third kappa shape index (κ3) is 5.77. The molecule has 0 radical (unpaired) electrons. The minimum absolute atomic E-state index is 0.328. The minimum atomic E-state index is -0.430. The summed E-state index contributed by atoms with van der Waals surface area (Å²) in [6.45, 7) is 12.4. The molecule has 1 N–H and O–H groups in total. The average molecular weight is 287 g/mol. The molecule has 1 unspecified atom stereocenters. The third-order valence-corrected chi connectivity index (χ3v) is 3.74. The van der Waals surface area contributed by atoms with Crippen molar-refractivity contribution < 1.29 is 0 Å². The van der Waals surface area contributed by atoms with E-state index in [-0.39, 0.29) is 0 Å². The summed E-state index contributed by atoms with van der Waals surface area (Å²) in [5.74, 6) is 0. The number of benzene rings is 1. The van der Waals surface area contributed by atoms with E-state index >= 15 is 0 Å². The highest BCUT2D eigenvalue weighted by Gasteiger charge is 2.23. The summed E-state index contributed by atoms with van der Waals surface area (Å²) in [6.07, 6.45) is 1.87. The van der Waals surface area contributed by atoms with Crippen LogP contribution in [-0.2, 0) is 0 Å². The smallest absolute Gasteiger partial charge is 0.104 e. The van der Waals surface area contributed by atoms with Crippen molar-refractivity contribution in [2.24, 2.45) is 0 Å². The number of nitrogens with one attached hydrogen (secondary N) is 1. The number of anilines is 1. The maximum Gasteiger partial charge on any atom is 0.104 e. The van der Waals surface area contributed by atoms with Gasteiger partial charge in [-0.2, -0.15) is 5.26 Å². The van der Waals surface area contributed by atoms with Crippen LogP contribution in [0.25, 0.3) is 0 Å². The van der Waals surface area contributed by atoms with Crippen LogP contribution < -0.4 is 10.2 Å². The van der Waals surface area contributed by atoms with Crippen molar-refractivity contribution in [2.75, 3.05) is 18.0 Å². The molecule has 0 aromatic heterocycles. The predicted octanol–water partition coefficient (Wildman–Crippen LogP) is 3.88. The van der Waals surface area contributed by atoms with Crippen molar-refractivity contribution in [3.63, 3.8) is 0 Å². The molecular formula is C18H29N3. The minimum Gasteiger partial charge on any atom is -0.372 e. The molecule has 0 bridgehead atoms. The lowest BCUT2D eigenvalue weighted by Gasteiger charge is -2.28. The van der Waals surface area contributed by atoms with Crippen LogP contribution in [-0.4, -0.2) is 24.7 Å². The summed E-state index contributed by atoms with van der Waals surface area (Å²) in [5.41, 5.74) is 2.12. The summed E-state index contributed by atoms with van der Waals surface area (Å²) in [4.78, 5) is 2.37. The first-order chi connectivity index (χ1) is 9.90. The molecular weight excluding hydrogens is 258 g/mol. The molecule has 0 aliphatic rings. The SMILES string of the molecule is CCN(CCCC(C)(C#N)NC(C)C)c1ccc(C)cc1. The molecule has 1 atom stereocenters. The van der Waals surface area contributed by atoms with Crippen LogP contribution in [0.5, 0.6) is 0 Å². The van der Waals surface area contributed by atoms with E-state index in [1.54, 1.807) is 0 Å². The molecule has 1 aromatic rings. The lowest BCUT2D eigenvalue weighted by molar-refractivity contribution is 0.374. The normalized spacial score (nSPS) is 13.8. The molecule has 0 saturated heterocycles. The Kier molecular flexibility index (Phi) is 6.71. The van der Waals surface area contributed by atoms with Crippen molar-refractivity contribution >= 4 is 5.69 Å². The van der Waals surface area contributed by atoms with E-state index in [0.717, 1.165) is 25.9 Å². The van der Waals surface area contributed by atoms with E-state index < -0.39 is 5.54 Å². The van der Waals surface area contributed by atoms with E-state index in [4.69, 9.17) is 0 Å². The van der Waals surface area contributed by atoms with Gasteiger partial charge in [-0.3, -0.25) is 5.32 Å². The number of rotatable bonds is 8. The van der Waals surface area contributed by atoms with Gasteiger partial charge in [0.05, 0.1) is 6.07 Å². The van der Waals surface area contributed by atoms with Gasteiger partial charge in [0.25, 0.3) is 0 Å². The first-order valence-electron chi connectivity index (χ1n) is 7.91. The number of aryl methyl sites for hydroxylation is 1. The Labute approximate surface area is 130 Å². The van der Waals surface area contributed by atoms with Gasteiger partial charge in [0.15, 0.2) is 0 Å². The molecule has 0 saturated carbocycles. The summed E-state index contributed by atoms with van der Waals surface area (Å²) >= 11 is 0. The zero-order valence-corrected chi connectivity index (χ0v) is 14.1. The van der Waals surface area contributed by atoms with Crippen LogP contribution in [0.2, 0.25) is 0 Å². The van der Waals surface area contributed by atoms with Crippen LogP contribution in [0.4, 0.5) is 5.69 Å². The molecule has 0 aliphatic carbocycles. The first-order valence-corrected chi connectivity index (χ1v) is 7.91. The maximum absolute atomic E-state index is 9.38. The second kappa shape index (κ2) is 8.05. The molecule has 0 fully saturated rings. The van der Waals surface area contributed by atoms with Gasteiger partial charge in [-0.1, -0.05) is 17.7 Å². The first kappa shape index (κ1) is 17.5. The molecule has 0 amide bonds. The highest BCUT2D eigenvalue weighted by Crippen LogP contribution is 2.18. The molecule has 1 aromatic carbocycles. The zero-order valence-electron chi connectivity index (χ0n) is 14.1. The van der Waals surface area contributed by atoms with Gasteiger partial charge < -0.3 is 4.90 Å². The molecule has 21 heavy (non-hydrogen) atoms. The Morgan fingerprint density at radius 1 is 1.29 bits per heavy atom.